The summed E-state index contributed by atoms with van der Waals surface area (Å²) in [4.78, 5) is 14.7. The van der Waals surface area contributed by atoms with E-state index in [9.17, 15) is 4.79 Å². The molecule has 140 valence electrons. The summed E-state index contributed by atoms with van der Waals surface area (Å²) in [5.41, 5.74) is 2.36. The molecule has 6 nitrogen and oxygen atoms in total. The number of nitrogens with zero attached hydrogens (tertiary/aromatic N) is 4. The Morgan fingerprint density at radius 2 is 1.89 bits per heavy atom. The summed E-state index contributed by atoms with van der Waals surface area (Å²) in [6.45, 7) is 4.33. The Morgan fingerprint density at radius 3 is 2.63 bits per heavy atom. The molecule has 3 heterocycles. The Hall–Kier alpha value is -2.67. The highest BCUT2D eigenvalue weighted by Gasteiger charge is 2.26. The van der Waals surface area contributed by atoms with E-state index in [1.807, 2.05) is 41.2 Å². The van der Waals surface area contributed by atoms with Crippen molar-refractivity contribution in [1.29, 1.82) is 0 Å². The lowest BCUT2D eigenvalue weighted by atomic mass is 9.96. The van der Waals surface area contributed by atoms with Crippen LogP contribution in [0.1, 0.15) is 24.0 Å². The van der Waals surface area contributed by atoms with Crippen LogP contribution in [0.3, 0.4) is 0 Å². The molecular weight excluding hydrogens is 358 g/mol. The molecule has 0 unspecified atom stereocenters. The smallest absolute Gasteiger partial charge is 0.223 e. The lowest BCUT2D eigenvalue weighted by Gasteiger charge is -2.30. The normalized spacial score (nSPS) is 15.1. The molecule has 0 spiro atoms. The van der Waals surface area contributed by atoms with E-state index in [0.717, 1.165) is 41.8 Å². The molecule has 0 aliphatic carbocycles. The van der Waals surface area contributed by atoms with E-state index in [2.05, 4.69) is 39.5 Å². The summed E-state index contributed by atoms with van der Waals surface area (Å²) in [5.74, 6) is 0.226. The molecule has 1 N–H and O–H groups in total. The van der Waals surface area contributed by atoms with Crippen LogP contribution < -0.4 is 10.2 Å². The minimum Gasteiger partial charge on any atom is -0.352 e. The first-order valence-electron chi connectivity index (χ1n) is 9.24. The molecule has 27 heavy (non-hydrogen) atoms. The zero-order chi connectivity index (χ0) is 18.6. The van der Waals surface area contributed by atoms with Crippen molar-refractivity contribution in [2.45, 2.75) is 26.3 Å². The molecule has 0 radical (unpaired) electrons. The Kier molecular flexibility index (Phi) is 5.20. The number of benzene rings is 1. The Balaban J connectivity index is 1.29. The van der Waals surface area contributed by atoms with Gasteiger partial charge in [0.15, 0.2) is 0 Å². The van der Waals surface area contributed by atoms with E-state index >= 15 is 0 Å². The van der Waals surface area contributed by atoms with Gasteiger partial charge in [-0.25, -0.2) is 0 Å². The summed E-state index contributed by atoms with van der Waals surface area (Å²) < 4.78 is 1.96. The molecule has 7 heteroatoms. The number of carbonyl (C=O) groups is 1. The fourth-order valence-electron chi connectivity index (χ4n) is 3.39. The van der Waals surface area contributed by atoms with Gasteiger partial charge in [0, 0.05) is 37.9 Å². The molecule has 1 aromatic carbocycles. The maximum absolute atomic E-state index is 12.5. The van der Waals surface area contributed by atoms with E-state index in [-0.39, 0.29) is 11.8 Å². The van der Waals surface area contributed by atoms with Crippen molar-refractivity contribution in [2.75, 3.05) is 18.0 Å². The van der Waals surface area contributed by atoms with Crippen LogP contribution in [-0.2, 0) is 11.3 Å². The Labute approximate surface area is 162 Å². The van der Waals surface area contributed by atoms with E-state index in [4.69, 9.17) is 0 Å². The summed E-state index contributed by atoms with van der Waals surface area (Å²) in [6, 6.07) is 12.2. The monoisotopic (exact) mass is 381 g/mol. The van der Waals surface area contributed by atoms with Crippen LogP contribution in [0.25, 0.3) is 5.13 Å². The number of rotatable bonds is 5. The minimum atomic E-state index is 0.0721. The van der Waals surface area contributed by atoms with Crippen molar-refractivity contribution in [2.24, 2.45) is 5.92 Å². The molecule has 0 atom stereocenters. The van der Waals surface area contributed by atoms with Gasteiger partial charge in [0.1, 0.15) is 0 Å². The van der Waals surface area contributed by atoms with Gasteiger partial charge in [-0.15, -0.1) is 10.2 Å². The summed E-state index contributed by atoms with van der Waals surface area (Å²) in [6.07, 6.45) is 5.63. The van der Waals surface area contributed by atoms with Crippen LogP contribution in [0.4, 0.5) is 5.13 Å². The second kappa shape index (κ2) is 7.92. The van der Waals surface area contributed by atoms with Gasteiger partial charge in [0.25, 0.3) is 0 Å². The van der Waals surface area contributed by atoms with Crippen LogP contribution in [0.2, 0.25) is 0 Å². The number of hydrogen-bond acceptors (Lipinski definition) is 5. The molecule has 1 aliphatic heterocycles. The number of aromatic nitrogens is 3. The summed E-state index contributed by atoms with van der Waals surface area (Å²) in [7, 11) is 0. The molecule has 0 saturated carbocycles. The first kappa shape index (κ1) is 17.7. The summed E-state index contributed by atoms with van der Waals surface area (Å²) in [5, 5.41) is 13.5. The zero-order valence-corrected chi connectivity index (χ0v) is 16.2. The van der Waals surface area contributed by atoms with Gasteiger partial charge in [-0.1, -0.05) is 41.2 Å². The van der Waals surface area contributed by atoms with E-state index < -0.39 is 0 Å². The van der Waals surface area contributed by atoms with Crippen LogP contribution >= 0.6 is 11.3 Å². The molecule has 0 bridgehead atoms. The third kappa shape index (κ3) is 4.19. The summed E-state index contributed by atoms with van der Waals surface area (Å²) >= 11 is 1.58. The topological polar surface area (TPSA) is 63.1 Å². The fraction of sp³-hybridized carbons (Fsp3) is 0.350. The van der Waals surface area contributed by atoms with Gasteiger partial charge < -0.3 is 10.2 Å². The first-order chi connectivity index (χ1) is 13.2. The van der Waals surface area contributed by atoms with E-state index in [1.165, 1.54) is 5.56 Å². The van der Waals surface area contributed by atoms with Crippen molar-refractivity contribution in [3.05, 3.63) is 59.9 Å². The number of piperidine rings is 1. The molecule has 2 aromatic heterocycles. The predicted octanol–water partition coefficient (Wildman–Crippen LogP) is 3.17. The largest absolute Gasteiger partial charge is 0.352 e. The van der Waals surface area contributed by atoms with Gasteiger partial charge in [-0.3, -0.25) is 9.36 Å². The van der Waals surface area contributed by atoms with E-state index in [0.29, 0.717) is 6.54 Å². The number of carbonyl (C=O) groups excluding carboxylic acids is 1. The highest BCUT2D eigenvalue weighted by Crippen LogP contribution is 2.27. The van der Waals surface area contributed by atoms with Crippen molar-refractivity contribution < 1.29 is 4.79 Å². The highest BCUT2D eigenvalue weighted by molar-refractivity contribution is 7.17. The quantitative estimate of drug-likeness (QED) is 0.737. The number of hydrogen-bond donors (Lipinski definition) is 1. The lowest BCUT2D eigenvalue weighted by molar-refractivity contribution is -0.125. The zero-order valence-electron chi connectivity index (χ0n) is 15.3. The maximum Gasteiger partial charge on any atom is 0.223 e. The Bertz CT molecular complexity index is 897. The molecule has 1 fully saturated rings. The second-order valence-corrected chi connectivity index (χ2v) is 7.86. The average molecular weight is 382 g/mol. The predicted molar refractivity (Wildman–Crippen MR) is 107 cm³/mol. The standard InChI is InChI=1S/C20H23N5OS/c1-15-5-4-6-16(13-15)14-21-18(26)17-7-11-25(12-8-17)20-23-22-19(27-20)24-9-2-3-10-24/h2-6,9-10,13,17H,7-8,11-12,14H2,1H3,(H,21,26). The van der Waals surface area contributed by atoms with Gasteiger partial charge >= 0.3 is 0 Å². The molecular formula is C20H23N5OS. The van der Waals surface area contributed by atoms with E-state index in [1.54, 1.807) is 11.3 Å². The Morgan fingerprint density at radius 1 is 1.15 bits per heavy atom. The highest BCUT2D eigenvalue weighted by atomic mass is 32.1. The van der Waals surface area contributed by atoms with Crippen LogP contribution in [0, 0.1) is 12.8 Å². The maximum atomic E-state index is 12.5. The average Bonchev–Trinajstić information content (AvgIpc) is 3.38. The third-order valence-corrected chi connectivity index (χ3v) is 5.91. The second-order valence-electron chi connectivity index (χ2n) is 6.93. The number of nitrogens with one attached hydrogen (secondary N) is 1. The van der Waals surface area contributed by atoms with Crippen LogP contribution in [-0.4, -0.2) is 33.8 Å². The number of amides is 1. The van der Waals surface area contributed by atoms with Crippen LogP contribution in [0.15, 0.2) is 48.8 Å². The van der Waals surface area contributed by atoms with Crippen molar-refractivity contribution in [1.82, 2.24) is 20.1 Å². The van der Waals surface area contributed by atoms with Gasteiger partial charge in [-0.05, 0) is 37.5 Å². The SMILES string of the molecule is Cc1cccc(CNC(=O)C2CCN(c3nnc(-n4cccc4)s3)CC2)c1. The molecule has 4 rings (SSSR count). The molecule has 1 amide bonds. The van der Waals surface area contributed by atoms with Crippen LogP contribution in [0.5, 0.6) is 0 Å². The van der Waals surface area contributed by atoms with Gasteiger partial charge in [0.2, 0.25) is 16.2 Å². The number of aryl methyl sites for hydroxylation is 1. The molecule has 3 aromatic rings. The molecule has 1 aliphatic rings. The number of anilines is 1. The van der Waals surface area contributed by atoms with Crippen molar-refractivity contribution in [3.8, 4) is 5.13 Å². The third-order valence-electron chi connectivity index (χ3n) is 4.91. The van der Waals surface area contributed by atoms with Gasteiger partial charge in [0.05, 0.1) is 0 Å². The minimum absolute atomic E-state index is 0.0721. The van der Waals surface area contributed by atoms with Crippen molar-refractivity contribution >= 4 is 22.4 Å². The molecule has 1 saturated heterocycles. The van der Waals surface area contributed by atoms with Crippen molar-refractivity contribution in [3.63, 3.8) is 0 Å². The lowest BCUT2D eigenvalue weighted by Crippen LogP contribution is -2.40. The first-order valence-corrected chi connectivity index (χ1v) is 10.1. The van der Waals surface area contributed by atoms with Gasteiger partial charge in [-0.2, -0.15) is 0 Å². The fourth-order valence-corrected chi connectivity index (χ4v) is 4.26.